The van der Waals surface area contributed by atoms with Crippen LogP contribution in [0, 0.1) is 0 Å². The maximum atomic E-state index is 6.30. The molecule has 0 N–H and O–H groups in total. The first-order chi connectivity index (χ1) is 11.7. The molecular formula is C19H18ClN3S. The van der Waals surface area contributed by atoms with Gasteiger partial charge in [-0.1, -0.05) is 18.2 Å². The van der Waals surface area contributed by atoms with Gasteiger partial charge in [0.15, 0.2) is 0 Å². The molecule has 0 saturated heterocycles. The Hall–Kier alpha value is -1.65. The van der Waals surface area contributed by atoms with Crippen LogP contribution in [0.15, 0.2) is 24.3 Å². The number of halogens is 1. The van der Waals surface area contributed by atoms with Crippen LogP contribution in [0.4, 0.5) is 11.5 Å². The van der Waals surface area contributed by atoms with Crippen LogP contribution < -0.4 is 4.90 Å². The first kappa shape index (κ1) is 14.7. The van der Waals surface area contributed by atoms with Gasteiger partial charge in [0.1, 0.15) is 10.6 Å². The van der Waals surface area contributed by atoms with Gasteiger partial charge in [0.2, 0.25) is 5.28 Å². The zero-order chi connectivity index (χ0) is 16.3. The van der Waals surface area contributed by atoms with Crippen molar-refractivity contribution < 1.29 is 0 Å². The fourth-order valence-electron chi connectivity index (χ4n) is 4.18. The molecule has 5 heteroatoms. The van der Waals surface area contributed by atoms with Crippen LogP contribution in [0.5, 0.6) is 0 Å². The number of rotatable bonds is 1. The number of hydrogen-bond acceptors (Lipinski definition) is 4. The molecule has 1 unspecified atom stereocenters. The Morgan fingerprint density at radius 2 is 2.00 bits per heavy atom. The van der Waals surface area contributed by atoms with Crippen LogP contribution in [0.3, 0.4) is 0 Å². The molecular weight excluding hydrogens is 338 g/mol. The lowest BCUT2D eigenvalue weighted by Crippen LogP contribution is -2.25. The van der Waals surface area contributed by atoms with Gasteiger partial charge in [-0.05, 0) is 67.8 Å². The smallest absolute Gasteiger partial charge is 0.225 e. The lowest BCUT2D eigenvalue weighted by Gasteiger charge is -2.25. The predicted octanol–water partition coefficient (Wildman–Crippen LogP) is 5.31. The number of thiophene rings is 1. The monoisotopic (exact) mass is 355 g/mol. The number of benzene rings is 1. The van der Waals surface area contributed by atoms with E-state index in [4.69, 9.17) is 16.6 Å². The summed E-state index contributed by atoms with van der Waals surface area (Å²) in [5, 5.41) is 1.59. The van der Waals surface area contributed by atoms with Gasteiger partial charge in [-0.25, -0.2) is 4.98 Å². The van der Waals surface area contributed by atoms with E-state index < -0.39 is 0 Å². The van der Waals surface area contributed by atoms with E-state index in [2.05, 4.69) is 41.1 Å². The van der Waals surface area contributed by atoms with Crippen molar-refractivity contribution in [3.63, 3.8) is 0 Å². The summed E-state index contributed by atoms with van der Waals surface area (Å²) in [7, 11) is 0. The van der Waals surface area contributed by atoms with Gasteiger partial charge < -0.3 is 4.90 Å². The van der Waals surface area contributed by atoms with Crippen molar-refractivity contribution in [1.82, 2.24) is 9.97 Å². The first-order valence-corrected chi connectivity index (χ1v) is 9.77. The molecule has 1 aliphatic carbocycles. The second-order valence-corrected chi connectivity index (χ2v) is 8.18. The van der Waals surface area contributed by atoms with E-state index in [0.29, 0.717) is 11.3 Å². The summed E-state index contributed by atoms with van der Waals surface area (Å²) in [5.41, 5.74) is 4.11. The molecule has 0 amide bonds. The Bertz CT molecular complexity index is 949. The van der Waals surface area contributed by atoms with E-state index in [0.717, 1.165) is 23.5 Å². The topological polar surface area (TPSA) is 29.0 Å². The van der Waals surface area contributed by atoms with Crippen molar-refractivity contribution >= 4 is 44.7 Å². The Morgan fingerprint density at radius 1 is 1.17 bits per heavy atom. The fraction of sp³-hybridized carbons (Fsp3) is 0.368. The Morgan fingerprint density at radius 3 is 2.92 bits per heavy atom. The van der Waals surface area contributed by atoms with Crippen LogP contribution in [0.25, 0.3) is 10.2 Å². The molecule has 0 radical (unpaired) electrons. The zero-order valence-electron chi connectivity index (χ0n) is 13.6. The van der Waals surface area contributed by atoms with Crippen molar-refractivity contribution in [3.8, 4) is 0 Å². The van der Waals surface area contributed by atoms with E-state index in [9.17, 15) is 0 Å². The van der Waals surface area contributed by atoms with Crippen molar-refractivity contribution in [3.05, 3.63) is 45.6 Å². The highest BCUT2D eigenvalue weighted by Gasteiger charge is 2.31. The minimum absolute atomic E-state index is 0.354. The predicted molar refractivity (Wildman–Crippen MR) is 101 cm³/mol. The Labute approximate surface area is 150 Å². The highest BCUT2D eigenvalue weighted by Crippen LogP contribution is 2.45. The molecule has 122 valence electrons. The van der Waals surface area contributed by atoms with E-state index in [1.54, 1.807) is 0 Å². The number of para-hydroxylation sites is 1. The summed E-state index contributed by atoms with van der Waals surface area (Å²) in [5.74, 6) is 1.00. The van der Waals surface area contributed by atoms with Gasteiger partial charge in [-0.15, -0.1) is 11.3 Å². The number of aryl methyl sites for hydroxylation is 2. The molecule has 3 heterocycles. The van der Waals surface area contributed by atoms with Crippen LogP contribution in [0.2, 0.25) is 5.28 Å². The third-order valence-corrected chi connectivity index (χ3v) is 6.56. The normalized spacial score (nSPS) is 19.6. The van der Waals surface area contributed by atoms with Crippen molar-refractivity contribution in [2.75, 3.05) is 4.90 Å². The fourth-order valence-corrected chi connectivity index (χ4v) is 5.65. The Balaban J connectivity index is 1.79. The average molecular weight is 356 g/mol. The molecule has 1 aliphatic heterocycles. The highest BCUT2D eigenvalue weighted by molar-refractivity contribution is 7.19. The van der Waals surface area contributed by atoms with Crippen LogP contribution in [0.1, 0.15) is 35.8 Å². The summed E-state index contributed by atoms with van der Waals surface area (Å²) >= 11 is 8.11. The number of fused-ring (bicyclic) bond motifs is 4. The molecule has 2 aliphatic rings. The second-order valence-electron chi connectivity index (χ2n) is 6.76. The van der Waals surface area contributed by atoms with Crippen LogP contribution in [-0.2, 0) is 19.3 Å². The molecule has 3 aromatic rings. The van der Waals surface area contributed by atoms with Gasteiger partial charge in [0.25, 0.3) is 0 Å². The number of hydrogen-bond donors (Lipinski definition) is 0. The molecule has 1 aromatic carbocycles. The van der Waals surface area contributed by atoms with Crippen molar-refractivity contribution in [1.29, 1.82) is 0 Å². The third-order valence-electron chi connectivity index (χ3n) is 5.20. The minimum Gasteiger partial charge on any atom is -0.322 e. The second kappa shape index (κ2) is 5.43. The molecule has 0 saturated carbocycles. The summed E-state index contributed by atoms with van der Waals surface area (Å²) in [4.78, 5) is 14.1. The van der Waals surface area contributed by atoms with Gasteiger partial charge in [0.05, 0.1) is 5.39 Å². The molecule has 0 bridgehead atoms. The number of nitrogens with zero attached hydrogens (tertiary/aromatic N) is 3. The van der Waals surface area contributed by atoms with Crippen LogP contribution >= 0.6 is 22.9 Å². The largest absolute Gasteiger partial charge is 0.322 e. The molecule has 0 fully saturated rings. The molecule has 2 aromatic heterocycles. The van der Waals surface area contributed by atoms with E-state index in [-0.39, 0.29) is 0 Å². The SMILES string of the molecule is CC1Cc2ccccc2N1c1nc(Cl)nc2sc3c(c12)CCCC3. The molecule has 1 atom stereocenters. The molecule has 5 rings (SSSR count). The van der Waals surface area contributed by atoms with Crippen molar-refractivity contribution in [2.24, 2.45) is 0 Å². The Kier molecular flexibility index (Phi) is 3.32. The third kappa shape index (κ3) is 2.09. The standard InChI is InChI=1S/C19H18ClN3S/c1-11-10-12-6-2-4-8-14(12)23(11)17-16-13-7-3-5-9-15(13)24-18(16)22-19(20)21-17/h2,4,6,8,11H,3,5,7,9-10H2,1H3. The van der Waals surface area contributed by atoms with E-state index in [1.165, 1.54) is 46.3 Å². The first-order valence-electron chi connectivity index (χ1n) is 8.57. The minimum atomic E-state index is 0.354. The molecule has 24 heavy (non-hydrogen) atoms. The van der Waals surface area contributed by atoms with E-state index in [1.807, 2.05) is 11.3 Å². The van der Waals surface area contributed by atoms with Crippen LogP contribution in [-0.4, -0.2) is 16.0 Å². The zero-order valence-corrected chi connectivity index (χ0v) is 15.1. The van der Waals surface area contributed by atoms with Gasteiger partial charge >= 0.3 is 0 Å². The summed E-state index contributed by atoms with van der Waals surface area (Å²) in [6, 6.07) is 9.02. The quantitative estimate of drug-likeness (QED) is 0.554. The van der Waals surface area contributed by atoms with Gasteiger partial charge in [-0.2, -0.15) is 4.98 Å². The maximum absolute atomic E-state index is 6.30. The molecule has 0 spiro atoms. The van der Waals surface area contributed by atoms with Gasteiger partial charge in [-0.3, -0.25) is 0 Å². The highest BCUT2D eigenvalue weighted by atomic mass is 35.5. The lowest BCUT2D eigenvalue weighted by molar-refractivity contribution is 0.699. The summed E-state index contributed by atoms with van der Waals surface area (Å²) in [6.07, 6.45) is 5.88. The van der Waals surface area contributed by atoms with E-state index >= 15 is 0 Å². The summed E-state index contributed by atoms with van der Waals surface area (Å²) < 4.78 is 0. The number of aromatic nitrogens is 2. The summed E-state index contributed by atoms with van der Waals surface area (Å²) in [6.45, 7) is 2.26. The lowest BCUT2D eigenvalue weighted by atomic mass is 9.97. The maximum Gasteiger partial charge on any atom is 0.225 e. The average Bonchev–Trinajstić information content (AvgIpc) is 3.10. The number of anilines is 2. The van der Waals surface area contributed by atoms with Crippen molar-refractivity contribution in [2.45, 2.75) is 45.1 Å². The van der Waals surface area contributed by atoms with Gasteiger partial charge in [0, 0.05) is 16.6 Å². The molecule has 3 nitrogen and oxygen atoms in total.